The molecule has 0 fully saturated rings. The molecule has 0 aliphatic rings. The van der Waals surface area contributed by atoms with Gasteiger partial charge in [0.05, 0.1) is 51.9 Å². The fourth-order valence-corrected chi connectivity index (χ4v) is 5.02. The highest BCUT2D eigenvalue weighted by Gasteiger charge is 2.28. The quantitative estimate of drug-likeness (QED) is 0.196. The number of hydrogen-bond donors (Lipinski definition) is 0. The van der Waals surface area contributed by atoms with Crippen molar-refractivity contribution in [2.24, 2.45) is 5.10 Å². The monoisotopic (exact) mass is 518 g/mol. The molecule has 0 atom stereocenters. The van der Waals surface area contributed by atoms with E-state index in [1.807, 2.05) is 6.07 Å². The van der Waals surface area contributed by atoms with Crippen molar-refractivity contribution in [3.8, 4) is 6.07 Å². The van der Waals surface area contributed by atoms with Crippen LogP contribution in [0.4, 0.5) is 11.4 Å². The topological polar surface area (TPSA) is 150 Å². The van der Waals surface area contributed by atoms with E-state index in [1.165, 1.54) is 25.4 Å². The normalized spacial score (nSPS) is 11.8. The largest absolute Gasteiger partial charge is 0.368 e. The molecule has 1 aromatic carbocycles. The van der Waals surface area contributed by atoms with Gasteiger partial charge in [0.2, 0.25) is 0 Å². The Bertz CT molecular complexity index is 1660. The Labute approximate surface area is 212 Å². The number of nitro benzene ring substituents is 1. The SMILES string of the molecule is C/C(=N/N(C)S(=O)(=O)c1cc([N+](=O)[O-])ccc1N(C)Cc1ccccn1)c1cnn2ccc(C#N)cc12. The van der Waals surface area contributed by atoms with Crippen molar-refractivity contribution >= 4 is 32.6 Å². The molecule has 0 saturated carbocycles. The number of fused-ring (bicyclic) bond motifs is 1. The number of pyridine rings is 2. The highest BCUT2D eigenvalue weighted by molar-refractivity contribution is 7.89. The average Bonchev–Trinajstić information content (AvgIpc) is 3.32. The van der Waals surface area contributed by atoms with Gasteiger partial charge in [0.15, 0.2) is 0 Å². The van der Waals surface area contributed by atoms with E-state index in [1.54, 1.807) is 60.0 Å². The van der Waals surface area contributed by atoms with E-state index in [4.69, 9.17) is 0 Å². The number of anilines is 1. The van der Waals surface area contributed by atoms with Crippen LogP contribution in [0.5, 0.6) is 0 Å². The second-order valence-corrected chi connectivity index (χ2v) is 10.0. The zero-order chi connectivity index (χ0) is 26.7. The summed E-state index contributed by atoms with van der Waals surface area (Å²) in [7, 11) is -1.38. The summed E-state index contributed by atoms with van der Waals surface area (Å²) in [5.41, 5.74) is 2.44. The number of aromatic nitrogens is 3. The van der Waals surface area contributed by atoms with Gasteiger partial charge in [-0.3, -0.25) is 15.1 Å². The molecule has 0 spiro atoms. The molecule has 37 heavy (non-hydrogen) atoms. The molecule has 188 valence electrons. The van der Waals surface area contributed by atoms with Gasteiger partial charge in [-0.05, 0) is 37.3 Å². The lowest BCUT2D eigenvalue weighted by atomic mass is 10.1. The van der Waals surface area contributed by atoms with Gasteiger partial charge < -0.3 is 4.90 Å². The number of hydrazone groups is 1. The highest BCUT2D eigenvalue weighted by atomic mass is 32.2. The molecule has 3 aromatic heterocycles. The van der Waals surface area contributed by atoms with Crippen LogP contribution in [-0.4, -0.2) is 52.2 Å². The molecule has 0 bridgehead atoms. The van der Waals surface area contributed by atoms with Crippen molar-refractivity contribution in [3.63, 3.8) is 0 Å². The Balaban J connectivity index is 1.74. The average molecular weight is 519 g/mol. The van der Waals surface area contributed by atoms with Crippen LogP contribution in [0, 0.1) is 21.4 Å². The van der Waals surface area contributed by atoms with Crippen LogP contribution in [0.1, 0.15) is 23.7 Å². The van der Waals surface area contributed by atoms with Crippen LogP contribution in [0.15, 0.2) is 77.1 Å². The Morgan fingerprint density at radius 1 is 1.22 bits per heavy atom. The standard InChI is InChI=1S/C24H22N8O4S/c1-17(21-15-27-31-11-9-18(14-25)12-23(21)31)28-30(3)37(35,36)24-13-20(32(33)34)7-8-22(24)29(2)16-19-6-4-5-10-26-19/h4-13,15H,16H2,1-3H3/b28-17-. The van der Waals surface area contributed by atoms with E-state index in [0.29, 0.717) is 28.0 Å². The highest BCUT2D eigenvalue weighted by Crippen LogP contribution is 2.32. The lowest BCUT2D eigenvalue weighted by molar-refractivity contribution is -0.385. The number of nitrogens with zero attached hydrogens (tertiary/aromatic N) is 8. The van der Waals surface area contributed by atoms with Crippen LogP contribution in [-0.2, 0) is 16.6 Å². The van der Waals surface area contributed by atoms with Gasteiger partial charge in [-0.25, -0.2) is 4.52 Å². The summed E-state index contributed by atoms with van der Waals surface area (Å²) in [4.78, 5) is 16.4. The Hall–Kier alpha value is -4.83. The van der Waals surface area contributed by atoms with Crippen LogP contribution in [0.25, 0.3) is 5.52 Å². The van der Waals surface area contributed by atoms with Crippen LogP contribution in [0.3, 0.4) is 0 Å². The fraction of sp³-hybridized carbons (Fsp3) is 0.167. The van der Waals surface area contributed by atoms with Crippen LogP contribution < -0.4 is 4.90 Å². The Morgan fingerprint density at radius 3 is 2.68 bits per heavy atom. The molecule has 12 nitrogen and oxygen atoms in total. The minimum absolute atomic E-state index is 0.255. The maximum atomic E-state index is 13.6. The first-order valence-electron chi connectivity index (χ1n) is 10.9. The Kier molecular flexibility index (Phi) is 6.85. The van der Waals surface area contributed by atoms with Crippen molar-refractivity contribution < 1.29 is 13.3 Å². The third-order valence-corrected chi connectivity index (χ3v) is 7.31. The van der Waals surface area contributed by atoms with Crippen molar-refractivity contribution in [3.05, 3.63) is 94.1 Å². The van der Waals surface area contributed by atoms with E-state index >= 15 is 0 Å². The molecule has 0 unspecified atom stereocenters. The van der Waals surface area contributed by atoms with E-state index in [-0.39, 0.29) is 22.8 Å². The Morgan fingerprint density at radius 2 is 2.00 bits per heavy atom. The molecule has 0 radical (unpaired) electrons. The van der Waals surface area contributed by atoms with Crippen LogP contribution in [0.2, 0.25) is 0 Å². The maximum Gasteiger partial charge on any atom is 0.281 e. The molecule has 3 heterocycles. The lowest BCUT2D eigenvalue weighted by Crippen LogP contribution is -2.27. The number of nitriles is 1. The molecule has 0 aliphatic carbocycles. The van der Waals surface area contributed by atoms with E-state index in [9.17, 15) is 23.8 Å². The predicted molar refractivity (Wildman–Crippen MR) is 137 cm³/mol. The van der Waals surface area contributed by atoms with E-state index in [0.717, 1.165) is 10.5 Å². The first-order chi connectivity index (χ1) is 17.6. The minimum atomic E-state index is -4.32. The van der Waals surface area contributed by atoms with Gasteiger partial charge in [0.1, 0.15) is 4.90 Å². The molecule has 0 amide bonds. The minimum Gasteiger partial charge on any atom is -0.368 e. The molecule has 0 aliphatic heterocycles. The van der Waals surface area contributed by atoms with Gasteiger partial charge in [-0.15, -0.1) is 0 Å². The second-order valence-electron chi connectivity index (χ2n) is 8.13. The summed E-state index contributed by atoms with van der Waals surface area (Å²) in [5.74, 6) is 0. The zero-order valence-corrected chi connectivity index (χ0v) is 21.0. The number of non-ortho nitro benzene ring substituents is 1. The van der Waals surface area contributed by atoms with Gasteiger partial charge in [-0.2, -0.15) is 28.3 Å². The molecule has 13 heteroatoms. The first kappa shape index (κ1) is 25.3. The molecule has 0 N–H and O–H groups in total. The summed E-state index contributed by atoms with van der Waals surface area (Å²) in [5, 5.41) is 29.1. The van der Waals surface area contributed by atoms with Gasteiger partial charge in [0.25, 0.3) is 15.7 Å². The van der Waals surface area contributed by atoms with Crippen molar-refractivity contribution in [2.75, 3.05) is 19.0 Å². The van der Waals surface area contributed by atoms with Gasteiger partial charge >= 0.3 is 0 Å². The van der Waals surface area contributed by atoms with Gasteiger partial charge in [0, 0.05) is 44.2 Å². The van der Waals surface area contributed by atoms with Crippen LogP contribution >= 0.6 is 0 Å². The van der Waals surface area contributed by atoms with Gasteiger partial charge in [-0.1, -0.05) is 6.07 Å². The first-order valence-corrected chi connectivity index (χ1v) is 12.4. The third-order valence-electron chi connectivity index (χ3n) is 5.65. The summed E-state index contributed by atoms with van der Waals surface area (Å²) < 4.78 is 29.6. The maximum absolute atomic E-state index is 13.6. The van der Waals surface area contributed by atoms with E-state index < -0.39 is 14.9 Å². The second kappa shape index (κ2) is 10.0. The predicted octanol–water partition coefficient (Wildman–Crippen LogP) is 3.19. The number of nitro groups is 1. The fourth-order valence-electron chi connectivity index (χ4n) is 3.75. The molecule has 4 rings (SSSR count). The van der Waals surface area contributed by atoms with Crippen molar-refractivity contribution in [1.29, 1.82) is 5.26 Å². The number of sulfonamides is 1. The van der Waals surface area contributed by atoms with Crippen molar-refractivity contribution in [2.45, 2.75) is 18.4 Å². The lowest BCUT2D eigenvalue weighted by Gasteiger charge is -2.24. The third kappa shape index (κ3) is 5.09. The molecule has 0 saturated heterocycles. The number of rotatable bonds is 8. The number of hydrogen-bond acceptors (Lipinski definition) is 9. The summed E-state index contributed by atoms with van der Waals surface area (Å²) in [6, 6.07) is 14.3. The molecule has 4 aromatic rings. The molecular formula is C24H22N8O4S. The molecular weight excluding hydrogens is 496 g/mol. The van der Waals surface area contributed by atoms with E-state index in [2.05, 4.69) is 21.3 Å². The van der Waals surface area contributed by atoms with Crippen molar-refractivity contribution in [1.82, 2.24) is 19.0 Å². The summed E-state index contributed by atoms with van der Waals surface area (Å²) in [6.45, 7) is 1.89. The number of benzene rings is 1. The summed E-state index contributed by atoms with van der Waals surface area (Å²) >= 11 is 0. The summed E-state index contributed by atoms with van der Waals surface area (Å²) in [6.07, 6.45) is 4.77. The zero-order valence-electron chi connectivity index (χ0n) is 20.2. The smallest absolute Gasteiger partial charge is 0.281 e.